The molecule has 0 bridgehead atoms. The summed E-state index contributed by atoms with van der Waals surface area (Å²) in [6, 6.07) is 0. The van der Waals surface area contributed by atoms with Crippen LogP contribution in [-0.2, 0) is 13.6 Å². The lowest BCUT2D eigenvalue weighted by molar-refractivity contribution is 0.280. The van der Waals surface area contributed by atoms with E-state index in [1.807, 2.05) is 32.1 Å². The Hall–Kier alpha value is -1.34. The summed E-state index contributed by atoms with van der Waals surface area (Å²) in [5.41, 5.74) is 0.892. The van der Waals surface area contributed by atoms with Gasteiger partial charge in [0.1, 0.15) is 11.6 Å². The molecule has 2 aromatic heterocycles. The fraction of sp³-hybridized carbons (Fsp3) is 0.615. The number of fused-ring (bicyclic) bond motifs is 1. The SMILES string of the molecule is CNc1nc(CN2CCCSCC2)nc2c1cnn2C. The smallest absolute Gasteiger partial charge is 0.163 e. The minimum Gasteiger partial charge on any atom is -0.372 e. The lowest BCUT2D eigenvalue weighted by Gasteiger charge is -2.18. The number of thioether (sulfide) groups is 1. The molecule has 7 heteroatoms. The van der Waals surface area contributed by atoms with Crippen LogP contribution in [0, 0.1) is 0 Å². The molecule has 6 nitrogen and oxygen atoms in total. The first-order valence-electron chi connectivity index (χ1n) is 6.94. The average Bonchev–Trinajstić information content (AvgIpc) is 2.67. The van der Waals surface area contributed by atoms with Crippen LogP contribution in [-0.4, -0.2) is 56.3 Å². The lowest BCUT2D eigenvalue weighted by atomic mass is 10.3. The summed E-state index contributed by atoms with van der Waals surface area (Å²) in [7, 11) is 3.81. The van der Waals surface area contributed by atoms with Crippen molar-refractivity contribution in [2.45, 2.75) is 13.0 Å². The van der Waals surface area contributed by atoms with Crippen molar-refractivity contribution in [2.24, 2.45) is 7.05 Å². The van der Waals surface area contributed by atoms with E-state index in [9.17, 15) is 0 Å². The number of aromatic nitrogens is 4. The molecule has 0 radical (unpaired) electrons. The highest BCUT2D eigenvalue weighted by Crippen LogP contribution is 2.20. The minimum atomic E-state index is 0.816. The van der Waals surface area contributed by atoms with Crippen molar-refractivity contribution in [3.8, 4) is 0 Å². The molecule has 0 amide bonds. The quantitative estimate of drug-likeness (QED) is 0.921. The molecule has 0 unspecified atom stereocenters. The average molecular weight is 292 g/mol. The van der Waals surface area contributed by atoms with Crippen LogP contribution in [0.25, 0.3) is 11.0 Å². The van der Waals surface area contributed by atoms with Crippen LogP contribution in [0.1, 0.15) is 12.2 Å². The molecule has 1 aliphatic rings. The first kappa shape index (κ1) is 13.6. The van der Waals surface area contributed by atoms with Gasteiger partial charge in [0.15, 0.2) is 5.65 Å². The van der Waals surface area contributed by atoms with Gasteiger partial charge in [0.05, 0.1) is 18.1 Å². The van der Waals surface area contributed by atoms with Crippen molar-refractivity contribution in [1.82, 2.24) is 24.6 Å². The molecule has 20 heavy (non-hydrogen) atoms. The second kappa shape index (κ2) is 5.97. The molecule has 108 valence electrons. The van der Waals surface area contributed by atoms with E-state index >= 15 is 0 Å². The van der Waals surface area contributed by atoms with Crippen molar-refractivity contribution < 1.29 is 0 Å². The number of hydrogen-bond acceptors (Lipinski definition) is 6. The summed E-state index contributed by atoms with van der Waals surface area (Å²) in [6.07, 6.45) is 3.06. The first-order chi connectivity index (χ1) is 9.78. The minimum absolute atomic E-state index is 0.816. The number of aryl methyl sites for hydroxylation is 1. The van der Waals surface area contributed by atoms with Crippen LogP contribution in [0.2, 0.25) is 0 Å². The van der Waals surface area contributed by atoms with Crippen LogP contribution in [0.5, 0.6) is 0 Å². The van der Waals surface area contributed by atoms with Gasteiger partial charge in [-0.15, -0.1) is 0 Å². The number of nitrogens with one attached hydrogen (secondary N) is 1. The van der Waals surface area contributed by atoms with Gasteiger partial charge in [0.2, 0.25) is 0 Å². The van der Waals surface area contributed by atoms with E-state index in [1.54, 1.807) is 4.68 Å². The molecular formula is C13H20N6S. The number of anilines is 1. The predicted molar refractivity (Wildman–Crippen MR) is 83.1 cm³/mol. The molecule has 0 aliphatic carbocycles. The molecule has 3 rings (SSSR count). The largest absolute Gasteiger partial charge is 0.372 e. The molecule has 1 fully saturated rings. The topological polar surface area (TPSA) is 58.9 Å². The number of hydrogen-bond donors (Lipinski definition) is 1. The molecule has 0 aromatic carbocycles. The maximum Gasteiger partial charge on any atom is 0.163 e. The fourth-order valence-corrected chi connectivity index (χ4v) is 3.41. The van der Waals surface area contributed by atoms with Crippen LogP contribution >= 0.6 is 11.8 Å². The zero-order chi connectivity index (χ0) is 13.9. The molecule has 0 spiro atoms. The van der Waals surface area contributed by atoms with Gasteiger partial charge in [-0.05, 0) is 18.7 Å². The van der Waals surface area contributed by atoms with E-state index in [0.717, 1.165) is 42.3 Å². The van der Waals surface area contributed by atoms with Crippen molar-refractivity contribution in [3.63, 3.8) is 0 Å². The van der Waals surface area contributed by atoms with Crippen LogP contribution in [0.4, 0.5) is 5.82 Å². The van der Waals surface area contributed by atoms with E-state index in [0.29, 0.717) is 0 Å². The summed E-state index contributed by atoms with van der Waals surface area (Å²) in [5, 5.41) is 8.39. The maximum atomic E-state index is 4.67. The molecule has 3 heterocycles. The highest BCUT2D eigenvalue weighted by Gasteiger charge is 2.14. The predicted octanol–water partition coefficient (Wildman–Crippen LogP) is 1.34. The van der Waals surface area contributed by atoms with Gasteiger partial charge >= 0.3 is 0 Å². The van der Waals surface area contributed by atoms with Gasteiger partial charge in [0.25, 0.3) is 0 Å². The Morgan fingerprint density at radius 3 is 3.05 bits per heavy atom. The number of rotatable bonds is 3. The summed E-state index contributed by atoms with van der Waals surface area (Å²) < 4.78 is 1.81. The molecule has 1 saturated heterocycles. The molecule has 0 atom stereocenters. The van der Waals surface area contributed by atoms with Gasteiger partial charge in [-0.2, -0.15) is 16.9 Å². The third-order valence-electron chi connectivity index (χ3n) is 3.56. The third kappa shape index (κ3) is 2.73. The Morgan fingerprint density at radius 2 is 2.20 bits per heavy atom. The third-order valence-corrected chi connectivity index (χ3v) is 4.60. The zero-order valence-electron chi connectivity index (χ0n) is 12.0. The molecular weight excluding hydrogens is 272 g/mol. The van der Waals surface area contributed by atoms with Crippen molar-refractivity contribution in [2.75, 3.05) is 37.0 Å². The van der Waals surface area contributed by atoms with Crippen molar-refractivity contribution in [1.29, 1.82) is 0 Å². The molecule has 2 aromatic rings. The summed E-state index contributed by atoms with van der Waals surface area (Å²) in [6.45, 7) is 3.07. The summed E-state index contributed by atoms with van der Waals surface area (Å²) in [5.74, 6) is 4.20. The van der Waals surface area contributed by atoms with E-state index in [4.69, 9.17) is 0 Å². The van der Waals surface area contributed by atoms with Gasteiger partial charge in [-0.3, -0.25) is 9.58 Å². The lowest BCUT2D eigenvalue weighted by Crippen LogP contribution is -2.26. The van der Waals surface area contributed by atoms with Gasteiger partial charge in [0, 0.05) is 26.4 Å². The second-order valence-electron chi connectivity index (χ2n) is 4.99. The standard InChI is InChI=1S/C13H20N6S/c1-14-12-10-8-15-18(2)13(10)17-11(16-12)9-19-4-3-6-20-7-5-19/h8H,3-7,9H2,1-2H3,(H,14,16,17). The monoisotopic (exact) mass is 292 g/mol. The Morgan fingerprint density at radius 1 is 1.30 bits per heavy atom. The highest BCUT2D eigenvalue weighted by atomic mass is 32.2. The Bertz CT molecular complexity index is 588. The van der Waals surface area contributed by atoms with Gasteiger partial charge in [-0.1, -0.05) is 0 Å². The van der Waals surface area contributed by atoms with E-state index in [2.05, 4.69) is 25.3 Å². The van der Waals surface area contributed by atoms with Gasteiger partial charge < -0.3 is 5.32 Å². The normalized spacial score (nSPS) is 17.3. The zero-order valence-corrected chi connectivity index (χ0v) is 12.8. The molecule has 1 aliphatic heterocycles. The maximum absolute atomic E-state index is 4.67. The van der Waals surface area contributed by atoms with Gasteiger partial charge in [-0.25, -0.2) is 9.97 Å². The highest BCUT2D eigenvalue weighted by molar-refractivity contribution is 7.99. The van der Waals surface area contributed by atoms with E-state index in [1.165, 1.54) is 17.9 Å². The van der Waals surface area contributed by atoms with E-state index < -0.39 is 0 Å². The van der Waals surface area contributed by atoms with Crippen LogP contribution < -0.4 is 5.32 Å². The fourth-order valence-electron chi connectivity index (χ4n) is 2.48. The summed E-state index contributed by atoms with van der Waals surface area (Å²) in [4.78, 5) is 11.7. The molecule has 0 saturated carbocycles. The van der Waals surface area contributed by atoms with Crippen molar-refractivity contribution in [3.05, 3.63) is 12.0 Å². The Kier molecular flexibility index (Phi) is 4.07. The van der Waals surface area contributed by atoms with Crippen molar-refractivity contribution >= 4 is 28.6 Å². The second-order valence-corrected chi connectivity index (χ2v) is 6.21. The Labute approximate surface area is 123 Å². The summed E-state index contributed by atoms with van der Waals surface area (Å²) >= 11 is 2.04. The Balaban J connectivity index is 1.88. The first-order valence-corrected chi connectivity index (χ1v) is 8.10. The molecule has 1 N–H and O–H groups in total. The van der Waals surface area contributed by atoms with Crippen LogP contribution in [0.15, 0.2) is 6.20 Å². The van der Waals surface area contributed by atoms with E-state index in [-0.39, 0.29) is 0 Å². The number of nitrogens with zero attached hydrogens (tertiary/aromatic N) is 5. The van der Waals surface area contributed by atoms with Crippen LogP contribution in [0.3, 0.4) is 0 Å².